The van der Waals surface area contributed by atoms with E-state index in [2.05, 4.69) is 44.6 Å². The van der Waals surface area contributed by atoms with Crippen LogP contribution in [0.2, 0.25) is 5.02 Å². The number of benzene rings is 1. The maximum absolute atomic E-state index is 6.33. The number of piperidine rings is 3. The number of hydrogen-bond acceptors (Lipinski definition) is 3. The number of nitrogens with zero attached hydrogens (tertiary/aromatic N) is 3. The van der Waals surface area contributed by atoms with Gasteiger partial charge in [-0.2, -0.15) is 0 Å². The molecule has 1 aromatic carbocycles. The minimum atomic E-state index is 0. The predicted molar refractivity (Wildman–Crippen MR) is 142 cm³/mol. The largest absolute Gasteiger partial charge is 0.356 e. The minimum absolute atomic E-state index is 0. The topological polar surface area (TPSA) is 42.9 Å². The van der Waals surface area contributed by atoms with Crippen LogP contribution in [0.3, 0.4) is 0 Å². The van der Waals surface area contributed by atoms with Gasteiger partial charge in [0.05, 0.1) is 0 Å². The number of guanidine groups is 1. The summed E-state index contributed by atoms with van der Waals surface area (Å²) < 4.78 is 0. The summed E-state index contributed by atoms with van der Waals surface area (Å²) in [6.45, 7) is 4.25. The van der Waals surface area contributed by atoms with Crippen LogP contribution in [0, 0.1) is 5.92 Å². The molecule has 174 valence electrons. The summed E-state index contributed by atoms with van der Waals surface area (Å²) in [5, 5.41) is 8.24. The first kappa shape index (κ1) is 25.1. The Morgan fingerprint density at radius 3 is 2.42 bits per heavy atom. The van der Waals surface area contributed by atoms with E-state index in [0.717, 1.165) is 49.2 Å². The van der Waals surface area contributed by atoms with Crippen LogP contribution in [0.4, 0.5) is 0 Å². The Kier molecular flexibility index (Phi) is 9.74. The van der Waals surface area contributed by atoms with Crippen molar-refractivity contribution >= 4 is 41.5 Å². The molecule has 0 spiro atoms. The average Bonchev–Trinajstić information content (AvgIpc) is 2.74. The molecule has 2 N–H and O–H groups in total. The fourth-order valence-electron chi connectivity index (χ4n) is 5.58. The summed E-state index contributed by atoms with van der Waals surface area (Å²) >= 11 is 6.33. The van der Waals surface area contributed by atoms with Gasteiger partial charge in [-0.15, -0.1) is 24.0 Å². The van der Waals surface area contributed by atoms with Gasteiger partial charge in [-0.3, -0.25) is 9.89 Å². The van der Waals surface area contributed by atoms with Gasteiger partial charge in [0.15, 0.2) is 5.96 Å². The summed E-state index contributed by atoms with van der Waals surface area (Å²) in [5.74, 6) is 1.70. The van der Waals surface area contributed by atoms with Crippen molar-refractivity contribution in [2.75, 3.05) is 33.7 Å². The van der Waals surface area contributed by atoms with Crippen LogP contribution in [0.15, 0.2) is 29.3 Å². The molecule has 3 aliphatic rings. The van der Waals surface area contributed by atoms with Gasteiger partial charge >= 0.3 is 0 Å². The lowest BCUT2D eigenvalue weighted by atomic mass is 9.82. The van der Waals surface area contributed by atoms with E-state index in [1.54, 1.807) is 0 Å². The maximum Gasteiger partial charge on any atom is 0.191 e. The van der Waals surface area contributed by atoms with Crippen LogP contribution in [-0.4, -0.2) is 67.6 Å². The van der Waals surface area contributed by atoms with Crippen molar-refractivity contribution in [2.45, 2.75) is 69.6 Å². The monoisotopic (exact) mass is 559 g/mol. The Bertz CT molecular complexity index is 708. The van der Waals surface area contributed by atoms with Crippen LogP contribution in [0.5, 0.6) is 0 Å². The van der Waals surface area contributed by atoms with Crippen molar-refractivity contribution in [3.8, 4) is 0 Å². The molecule has 0 radical (unpaired) electrons. The lowest BCUT2D eigenvalue weighted by Gasteiger charge is -2.47. The highest BCUT2D eigenvalue weighted by atomic mass is 127. The summed E-state index contributed by atoms with van der Waals surface area (Å²) in [4.78, 5) is 9.66. The molecule has 1 aromatic rings. The Balaban J connectivity index is 0.00000272. The standard InChI is InChI=1S/C24H38ClN5.HI/c1-26-24(28-20-14-21-7-5-8-22(15-20)29(21)2)27-16-18-10-12-30(13-11-18)17-19-6-3-4-9-23(19)25;/h3-4,6,9,18,20-22H,5,7-8,10-17H2,1-2H3,(H2,26,27,28);1H. The summed E-state index contributed by atoms with van der Waals surface area (Å²) in [7, 11) is 4.22. The van der Waals surface area contributed by atoms with E-state index in [1.807, 2.05) is 19.2 Å². The van der Waals surface area contributed by atoms with Gasteiger partial charge in [0.2, 0.25) is 0 Å². The number of likely N-dealkylation sites (tertiary alicyclic amines) is 1. The van der Waals surface area contributed by atoms with Crippen molar-refractivity contribution in [3.05, 3.63) is 34.9 Å². The second-order valence-corrected chi connectivity index (χ2v) is 9.89. The number of nitrogens with one attached hydrogen (secondary N) is 2. The summed E-state index contributed by atoms with van der Waals surface area (Å²) in [6.07, 6.45) is 9.05. The Morgan fingerprint density at radius 1 is 1.10 bits per heavy atom. The second-order valence-electron chi connectivity index (χ2n) is 9.48. The third-order valence-corrected chi connectivity index (χ3v) is 7.89. The number of halogens is 2. The zero-order chi connectivity index (χ0) is 20.9. The third-order valence-electron chi connectivity index (χ3n) is 7.52. The van der Waals surface area contributed by atoms with E-state index in [-0.39, 0.29) is 24.0 Å². The van der Waals surface area contributed by atoms with Gasteiger partial charge in [-0.1, -0.05) is 36.2 Å². The highest BCUT2D eigenvalue weighted by molar-refractivity contribution is 14.0. The first-order chi connectivity index (χ1) is 14.6. The normalized spacial score (nSPS) is 28.1. The van der Waals surface area contributed by atoms with Crippen LogP contribution in [0.25, 0.3) is 0 Å². The molecular weight excluding hydrogens is 521 g/mol. The van der Waals surface area contributed by atoms with Gasteiger partial charge in [0.1, 0.15) is 0 Å². The van der Waals surface area contributed by atoms with Crippen molar-refractivity contribution in [3.63, 3.8) is 0 Å². The molecule has 3 fully saturated rings. The Labute approximate surface area is 210 Å². The summed E-state index contributed by atoms with van der Waals surface area (Å²) in [6, 6.07) is 10.3. The third kappa shape index (κ3) is 6.71. The molecule has 0 saturated carbocycles. The molecule has 0 aliphatic carbocycles. The van der Waals surface area contributed by atoms with Crippen LogP contribution < -0.4 is 10.6 Å². The number of rotatable bonds is 5. The molecular formula is C24H39ClIN5. The van der Waals surface area contributed by atoms with E-state index in [0.29, 0.717) is 12.0 Å². The van der Waals surface area contributed by atoms with Crippen LogP contribution in [-0.2, 0) is 6.54 Å². The van der Waals surface area contributed by atoms with Gasteiger partial charge in [-0.05, 0) is 76.2 Å². The van der Waals surface area contributed by atoms with E-state index >= 15 is 0 Å². The lowest BCUT2D eigenvalue weighted by Crippen LogP contribution is -2.57. The molecule has 3 aliphatic heterocycles. The molecule has 0 aromatic heterocycles. The van der Waals surface area contributed by atoms with Gasteiger partial charge in [0, 0.05) is 43.3 Å². The molecule has 5 nitrogen and oxygen atoms in total. The minimum Gasteiger partial charge on any atom is -0.356 e. The molecule has 3 heterocycles. The van der Waals surface area contributed by atoms with Gasteiger partial charge in [-0.25, -0.2) is 0 Å². The molecule has 7 heteroatoms. The highest BCUT2D eigenvalue weighted by Gasteiger charge is 2.36. The van der Waals surface area contributed by atoms with Crippen LogP contribution >= 0.6 is 35.6 Å². The zero-order valence-corrected chi connectivity index (χ0v) is 22.1. The van der Waals surface area contributed by atoms with Crippen LogP contribution in [0.1, 0.15) is 50.5 Å². The molecule has 2 unspecified atom stereocenters. The molecule has 2 bridgehead atoms. The van der Waals surface area contributed by atoms with E-state index in [9.17, 15) is 0 Å². The van der Waals surface area contributed by atoms with E-state index in [1.165, 1.54) is 50.5 Å². The van der Waals surface area contributed by atoms with Crippen molar-refractivity contribution in [2.24, 2.45) is 10.9 Å². The average molecular weight is 560 g/mol. The number of aliphatic imine (C=N–C) groups is 1. The molecule has 3 saturated heterocycles. The molecule has 31 heavy (non-hydrogen) atoms. The smallest absolute Gasteiger partial charge is 0.191 e. The quantitative estimate of drug-likeness (QED) is 0.320. The highest BCUT2D eigenvalue weighted by Crippen LogP contribution is 2.32. The molecule has 0 amide bonds. The van der Waals surface area contributed by atoms with E-state index in [4.69, 9.17) is 11.6 Å². The van der Waals surface area contributed by atoms with Crippen molar-refractivity contribution < 1.29 is 0 Å². The predicted octanol–water partition coefficient (Wildman–Crippen LogP) is 4.35. The fraction of sp³-hybridized carbons (Fsp3) is 0.708. The number of hydrogen-bond donors (Lipinski definition) is 2. The van der Waals surface area contributed by atoms with E-state index < -0.39 is 0 Å². The lowest BCUT2D eigenvalue weighted by molar-refractivity contribution is 0.0526. The molecule has 2 atom stereocenters. The van der Waals surface area contributed by atoms with Crippen molar-refractivity contribution in [1.82, 2.24) is 20.4 Å². The number of fused-ring (bicyclic) bond motifs is 2. The first-order valence-electron chi connectivity index (χ1n) is 11.8. The Hall–Kier alpha value is -0.570. The SMILES string of the molecule is CN=C(NCC1CCN(Cc2ccccc2Cl)CC1)NC1CC2CCCC(C1)N2C.I. The first-order valence-corrected chi connectivity index (χ1v) is 12.1. The summed E-state index contributed by atoms with van der Waals surface area (Å²) in [5.41, 5.74) is 1.24. The van der Waals surface area contributed by atoms with Crippen molar-refractivity contribution in [1.29, 1.82) is 0 Å². The van der Waals surface area contributed by atoms with Gasteiger partial charge < -0.3 is 15.5 Å². The van der Waals surface area contributed by atoms with Gasteiger partial charge in [0.25, 0.3) is 0 Å². The fourth-order valence-corrected chi connectivity index (χ4v) is 5.77. The Morgan fingerprint density at radius 2 is 1.77 bits per heavy atom. The zero-order valence-electron chi connectivity index (χ0n) is 19.0. The maximum atomic E-state index is 6.33. The second kappa shape index (κ2) is 12.1. The molecule has 4 rings (SSSR count).